The highest BCUT2D eigenvalue weighted by Crippen LogP contribution is 2.20. The van der Waals surface area contributed by atoms with Gasteiger partial charge in [0.2, 0.25) is 0 Å². The monoisotopic (exact) mass is 325 g/mol. The second kappa shape index (κ2) is 9.75. The Morgan fingerprint density at radius 2 is 1.78 bits per heavy atom. The molecule has 0 aromatic carbocycles. The van der Waals surface area contributed by atoms with E-state index in [9.17, 15) is 9.59 Å². The maximum Gasteiger partial charge on any atom is 0.317 e. The van der Waals surface area contributed by atoms with Crippen LogP contribution in [0.1, 0.15) is 44.9 Å². The van der Waals surface area contributed by atoms with Gasteiger partial charge >= 0.3 is 12.0 Å². The molecule has 0 bridgehead atoms. The number of likely N-dealkylation sites (tertiary alicyclic amines) is 2. The average Bonchev–Trinajstić information content (AvgIpc) is 3.07. The van der Waals surface area contributed by atoms with Gasteiger partial charge in [-0.15, -0.1) is 0 Å². The first-order valence-corrected chi connectivity index (χ1v) is 9.01. The highest BCUT2D eigenvalue weighted by molar-refractivity contribution is 5.74. The van der Waals surface area contributed by atoms with E-state index in [0.717, 1.165) is 44.7 Å². The van der Waals surface area contributed by atoms with Gasteiger partial charge < -0.3 is 19.9 Å². The Kier molecular flexibility index (Phi) is 7.65. The zero-order chi connectivity index (χ0) is 16.5. The third-order valence-electron chi connectivity index (χ3n) is 4.93. The maximum atomic E-state index is 12.1. The molecule has 0 aromatic rings. The molecule has 2 amide bonds. The molecule has 0 radical (unpaired) electrons. The Hall–Kier alpha value is -1.30. The third-order valence-corrected chi connectivity index (χ3v) is 4.93. The number of amides is 2. The fourth-order valence-corrected chi connectivity index (χ4v) is 3.45. The van der Waals surface area contributed by atoms with Gasteiger partial charge in [-0.25, -0.2) is 4.79 Å². The minimum atomic E-state index is -0.184. The fourth-order valence-electron chi connectivity index (χ4n) is 3.45. The minimum Gasteiger partial charge on any atom is -0.469 e. The summed E-state index contributed by atoms with van der Waals surface area (Å²) in [5, 5.41) is 2.96. The summed E-state index contributed by atoms with van der Waals surface area (Å²) in [4.78, 5) is 27.6. The van der Waals surface area contributed by atoms with Crippen LogP contribution in [0.25, 0.3) is 0 Å². The third kappa shape index (κ3) is 6.37. The van der Waals surface area contributed by atoms with Crippen LogP contribution >= 0.6 is 0 Å². The van der Waals surface area contributed by atoms with Gasteiger partial charge in [-0.05, 0) is 57.5 Å². The van der Waals surface area contributed by atoms with Crippen molar-refractivity contribution in [3.05, 3.63) is 0 Å². The first kappa shape index (κ1) is 18.0. The van der Waals surface area contributed by atoms with Crippen molar-refractivity contribution in [3.63, 3.8) is 0 Å². The van der Waals surface area contributed by atoms with Crippen LogP contribution in [0.5, 0.6) is 0 Å². The van der Waals surface area contributed by atoms with Gasteiger partial charge in [0, 0.05) is 32.6 Å². The topological polar surface area (TPSA) is 61.9 Å². The summed E-state index contributed by atoms with van der Waals surface area (Å²) >= 11 is 0. The van der Waals surface area contributed by atoms with E-state index < -0.39 is 0 Å². The number of esters is 1. The molecule has 0 saturated carbocycles. The van der Waals surface area contributed by atoms with Gasteiger partial charge in [0.1, 0.15) is 0 Å². The molecule has 0 atom stereocenters. The largest absolute Gasteiger partial charge is 0.469 e. The lowest BCUT2D eigenvalue weighted by Gasteiger charge is -2.33. The molecular formula is C17H31N3O3. The van der Waals surface area contributed by atoms with E-state index in [-0.39, 0.29) is 12.0 Å². The Balaban J connectivity index is 1.53. The molecule has 132 valence electrons. The summed E-state index contributed by atoms with van der Waals surface area (Å²) in [7, 11) is 1.40. The molecular weight excluding hydrogens is 294 g/mol. The molecule has 0 unspecified atom stereocenters. The van der Waals surface area contributed by atoms with Crippen LogP contribution in [0.2, 0.25) is 0 Å². The van der Waals surface area contributed by atoms with Crippen molar-refractivity contribution in [1.82, 2.24) is 15.1 Å². The molecule has 1 N–H and O–H groups in total. The molecule has 2 fully saturated rings. The van der Waals surface area contributed by atoms with E-state index in [1.54, 1.807) is 0 Å². The predicted molar refractivity (Wildman–Crippen MR) is 89.2 cm³/mol. The summed E-state index contributed by atoms with van der Waals surface area (Å²) in [6, 6.07) is 0.0442. The molecule has 2 aliphatic heterocycles. The highest BCUT2D eigenvalue weighted by atomic mass is 16.5. The number of urea groups is 1. The standard InChI is InChI=1S/C17H31N3O3/c1-23-16(21)6-2-3-9-18-17(22)20-12-7-15(8-13-20)14-19-10-4-5-11-19/h15H,2-14H2,1H3,(H,18,22). The second-order valence-corrected chi connectivity index (χ2v) is 6.70. The number of ether oxygens (including phenoxy) is 1. The normalized spacial score (nSPS) is 19.8. The van der Waals surface area contributed by atoms with Crippen LogP contribution < -0.4 is 5.32 Å². The van der Waals surface area contributed by atoms with E-state index in [1.165, 1.54) is 39.6 Å². The average molecular weight is 325 g/mol. The van der Waals surface area contributed by atoms with E-state index in [4.69, 9.17) is 0 Å². The van der Waals surface area contributed by atoms with Crippen molar-refractivity contribution >= 4 is 12.0 Å². The number of methoxy groups -OCH3 is 1. The lowest BCUT2D eigenvalue weighted by Crippen LogP contribution is -2.46. The Labute approximate surface area is 139 Å². The molecule has 23 heavy (non-hydrogen) atoms. The highest BCUT2D eigenvalue weighted by Gasteiger charge is 2.24. The van der Waals surface area contributed by atoms with Crippen LogP contribution in [-0.4, -0.2) is 68.2 Å². The second-order valence-electron chi connectivity index (χ2n) is 6.70. The smallest absolute Gasteiger partial charge is 0.317 e. The number of piperidine rings is 1. The molecule has 0 aromatic heterocycles. The summed E-state index contributed by atoms with van der Waals surface area (Å²) in [5.74, 6) is 0.564. The lowest BCUT2D eigenvalue weighted by molar-refractivity contribution is -0.140. The Morgan fingerprint density at radius 1 is 1.09 bits per heavy atom. The molecule has 6 nitrogen and oxygen atoms in total. The van der Waals surface area contributed by atoms with Crippen molar-refractivity contribution in [1.29, 1.82) is 0 Å². The number of nitrogens with zero attached hydrogens (tertiary/aromatic N) is 2. The number of carbonyl (C=O) groups is 2. The fraction of sp³-hybridized carbons (Fsp3) is 0.882. The van der Waals surface area contributed by atoms with E-state index >= 15 is 0 Å². The summed E-state index contributed by atoms with van der Waals surface area (Å²) < 4.78 is 4.59. The number of nitrogens with one attached hydrogen (secondary N) is 1. The SMILES string of the molecule is COC(=O)CCCCNC(=O)N1CCC(CN2CCCC2)CC1. The van der Waals surface area contributed by atoms with Crippen LogP contribution in [0.3, 0.4) is 0 Å². The molecule has 2 saturated heterocycles. The molecule has 2 aliphatic rings. The van der Waals surface area contributed by atoms with Gasteiger partial charge in [-0.1, -0.05) is 0 Å². The van der Waals surface area contributed by atoms with Gasteiger partial charge in [0.25, 0.3) is 0 Å². The summed E-state index contributed by atoms with van der Waals surface area (Å²) in [6.45, 7) is 6.09. The minimum absolute atomic E-state index is 0.0442. The first-order valence-electron chi connectivity index (χ1n) is 9.01. The number of hydrogen-bond acceptors (Lipinski definition) is 4. The molecule has 6 heteroatoms. The van der Waals surface area contributed by atoms with Crippen LogP contribution in [0, 0.1) is 5.92 Å². The number of hydrogen-bond donors (Lipinski definition) is 1. The molecule has 2 heterocycles. The van der Waals surface area contributed by atoms with Crippen molar-refractivity contribution in [2.24, 2.45) is 5.92 Å². The van der Waals surface area contributed by atoms with Crippen molar-refractivity contribution in [2.75, 3.05) is 46.4 Å². The lowest BCUT2D eigenvalue weighted by atomic mass is 9.96. The first-order chi connectivity index (χ1) is 11.2. The Bertz CT molecular complexity index is 375. The summed E-state index contributed by atoms with van der Waals surface area (Å²) in [6.07, 6.45) is 6.92. The van der Waals surface area contributed by atoms with Crippen molar-refractivity contribution in [2.45, 2.75) is 44.9 Å². The van der Waals surface area contributed by atoms with Crippen LogP contribution in [0.15, 0.2) is 0 Å². The van der Waals surface area contributed by atoms with Crippen molar-refractivity contribution in [3.8, 4) is 0 Å². The maximum absolute atomic E-state index is 12.1. The molecule has 0 spiro atoms. The van der Waals surface area contributed by atoms with Gasteiger partial charge in [0.05, 0.1) is 7.11 Å². The predicted octanol–water partition coefficient (Wildman–Crippen LogP) is 1.85. The van der Waals surface area contributed by atoms with E-state index in [2.05, 4.69) is 15.0 Å². The zero-order valence-electron chi connectivity index (χ0n) is 14.4. The van der Waals surface area contributed by atoms with Gasteiger partial charge in [-0.2, -0.15) is 0 Å². The number of unbranched alkanes of at least 4 members (excludes halogenated alkanes) is 1. The van der Waals surface area contributed by atoms with Crippen LogP contribution in [0.4, 0.5) is 4.79 Å². The number of carbonyl (C=O) groups excluding carboxylic acids is 2. The van der Waals surface area contributed by atoms with Gasteiger partial charge in [-0.3, -0.25) is 4.79 Å². The zero-order valence-corrected chi connectivity index (χ0v) is 14.4. The molecule has 2 rings (SSSR count). The van der Waals surface area contributed by atoms with E-state index in [0.29, 0.717) is 13.0 Å². The Morgan fingerprint density at radius 3 is 2.43 bits per heavy atom. The summed E-state index contributed by atoms with van der Waals surface area (Å²) in [5.41, 5.74) is 0. The quantitative estimate of drug-likeness (QED) is 0.573. The van der Waals surface area contributed by atoms with Gasteiger partial charge in [0.15, 0.2) is 0 Å². The number of rotatable bonds is 7. The molecule has 0 aliphatic carbocycles. The van der Waals surface area contributed by atoms with E-state index in [1.807, 2.05) is 4.90 Å². The van der Waals surface area contributed by atoms with Crippen molar-refractivity contribution < 1.29 is 14.3 Å². The van der Waals surface area contributed by atoms with Crippen LogP contribution in [-0.2, 0) is 9.53 Å².